The van der Waals surface area contributed by atoms with E-state index in [4.69, 9.17) is 5.73 Å². The molecule has 1 aromatic heterocycles. The molecule has 0 radical (unpaired) electrons. The second kappa shape index (κ2) is 6.35. The van der Waals surface area contributed by atoms with Crippen molar-refractivity contribution in [3.8, 4) is 0 Å². The summed E-state index contributed by atoms with van der Waals surface area (Å²) >= 11 is 1.85. The molecule has 0 saturated carbocycles. The number of hydrogen-bond acceptors (Lipinski definition) is 4. The summed E-state index contributed by atoms with van der Waals surface area (Å²) in [5.74, 6) is 0. The van der Waals surface area contributed by atoms with Crippen molar-refractivity contribution in [3.63, 3.8) is 0 Å². The molecule has 0 amide bonds. The van der Waals surface area contributed by atoms with Crippen molar-refractivity contribution in [2.45, 2.75) is 44.8 Å². The van der Waals surface area contributed by atoms with E-state index in [1.54, 1.807) is 0 Å². The zero-order chi connectivity index (χ0) is 13.9. The van der Waals surface area contributed by atoms with Crippen LogP contribution in [0.5, 0.6) is 0 Å². The molecule has 2 heterocycles. The minimum absolute atomic E-state index is 0.185. The fourth-order valence-corrected chi connectivity index (χ4v) is 3.81. The first kappa shape index (κ1) is 15.0. The van der Waals surface area contributed by atoms with Gasteiger partial charge in [0.2, 0.25) is 0 Å². The van der Waals surface area contributed by atoms with Gasteiger partial charge in [-0.1, -0.05) is 6.07 Å². The van der Waals surface area contributed by atoms with Crippen LogP contribution in [0.15, 0.2) is 17.5 Å². The third-order valence-electron chi connectivity index (χ3n) is 4.44. The Morgan fingerprint density at radius 1 is 1.42 bits per heavy atom. The van der Waals surface area contributed by atoms with Gasteiger partial charge in [0.25, 0.3) is 0 Å². The van der Waals surface area contributed by atoms with E-state index < -0.39 is 0 Å². The molecule has 2 N–H and O–H groups in total. The normalized spacial score (nSPS) is 20.3. The summed E-state index contributed by atoms with van der Waals surface area (Å²) in [5, 5.41) is 2.16. The third-order valence-corrected chi connectivity index (χ3v) is 5.30. The Morgan fingerprint density at radius 3 is 2.58 bits per heavy atom. The summed E-state index contributed by atoms with van der Waals surface area (Å²) < 4.78 is 0. The average molecular weight is 281 g/mol. The molecule has 108 valence electrons. The van der Waals surface area contributed by atoms with E-state index in [0.29, 0.717) is 6.04 Å². The highest BCUT2D eigenvalue weighted by Crippen LogP contribution is 2.31. The van der Waals surface area contributed by atoms with Crippen LogP contribution in [-0.4, -0.2) is 48.1 Å². The molecule has 0 bridgehead atoms. The van der Waals surface area contributed by atoms with Crippen LogP contribution >= 0.6 is 11.3 Å². The van der Waals surface area contributed by atoms with Crippen LogP contribution in [0, 0.1) is 0 Å². The maximum atomic E-state index is 6.19. The lowest BCUT2D eigenvalue weighted by Crippen LogP contribution is -2.60. The number of rotatable bonds is 5. The maximum absolute atomic E-state index is 6.19. The Labute approximate surface area is 121 Å². The van der Waals surface area contributed by atoms with E-state index in [2.05, 4.69) is 48.2 Å². The Balaban J connectivity index is 2.16. The first-order chi connectivity index (χ1) is 9.07. The van der Waals surface area contributed by atoms with Crippen molar-refractivity contribution >= 4 is 11.3 Å². The summed E-state index contributed by atoms with van der Waals surface area (Å²) in [7, 11) is 2.21. The van der Waals surface area contributed by atoms with Crippen molar-refractivity contribution < 1.29 is 0 Å². The summed E-state index contributed by atoms with van der Waals surface area (Å²) in [6.07, 6.45) is 2.37. The summed E-state index contributed by atoms with van der Waals surface area (Å²) in [6.45, 7) is 8.71. The molecule has 2 rings (SSSR count). The van der Waals surface area contributed by atoms with Gasteiger partial charge in [0.1, 0.15) is 0 Å². The topological polar surface area (TPSA) is 32.5 Å². The molecule has 1 aliphatic heterocycles. The van der Waals surface area contributed by atoms with Gasteiger partial charge in [-0.25, -0.2) is 0 Å². The molecule has 19 heavy (non-hydrogen) atoms. The van der Waals surface area contributed by atoms with Gasteiger partial charge in [-0.3, -0.25) is 4.90 Å². The fraction of sp³-hybridized carbons (Fsp3) is 0.733. The molecule has 1 aromatic rings. The molecule has 1 aliphatic rings. The van der Waals surface area contributed by atoms with Crippen LogP contribution in [0.2, 0.25) is 0 Å². The average Bonchev–Trinajstić information content (AvgIpc) is 2.90. The molecular formula is C15H27N3S. The zero-order valence-corrected chi connectivity index (χ0v) is 13.2. The fourth-order valence-electron chi connectivity index (χ4n) is 3.11. The van der Waals surface area contributed by atoms with Crippen LogP contribution in [0.1, 0.15) is 31.6 Å². The summed E-state index contributed by atoms with van der Waals surface area (Å²) in [6, 6.07) is 4.91. The van der Waals surface area contributed by atoms with E-state index in [9.17, 15) is 0 Å². The predicted octanol–water partition coefficient (Wildman–Crippen LogP) is 2.38. The van der Waals surface area contributed by atoms with Crippen molar-refractivity contribution in [2.24, 2.45) is 5.73 Å². The highest BCUT2D eigenvalue weighted by molar-refractivity contribution is 7.09. The van der Waals surface area contributed by atoms with Gasteiger partial charge in [0, 0.05) is 29.5 Å². The Kier molecular flexibility index (Phi) is 5.01. The lowest BCUT2D eigenvalue weighted by molar-refractivity contribution is 0.00547. The quantitative estimate of drug-likeness (QED) is 0.899. The van der Waals surface area contributed by atoms with Gasteiger partial charge in [0.15, 0.2) is 0 Å². The van der Waals surface area contributed by atoms with Gasteiger partial charge < -0.3 is 10.6 Å². The van der Waals surface area contributed by atoms with Gasteiger partial charge in [0.05, 0.1) is 0 Å². The van der Waals surface area contributed by atoms with E-state index in [-0.39, 0.29) is 5.54 Å². The van der Waals surface area contributed by atoms with Gasteiger partial charge in [-0.05, 0) is 58.3 Å². The standard InChI is InChI=1S/C15H27N3S/c1-13(2)18(11-14-5-4-10-19-14)15(12-16)6-8-17(3)9-7-15/h4-5,10,13H,6-9,11-12,16H2,1-3H3. The van der Waals surface area contributed by atoms with Crippen molar-refractivity contribution in [1.29, 1.82) is 0 Å². The van der Waals surface area contributed by atoms with Gasteiger partial charge in [-0.2, -0.15) is 0 Å². The number of likely N-dealkylation sites (tertiary alicyclic amines) is 1. The minimum atomic E-state index is 0.185. The SMILES string of the molecule is CC(C)N(Cc1cccs1)C1(CN)CCN(C)CC1. The molecule has 3 nitrogen and oxygen atoms in total. The maximum Gasteiger partial charge on any atom is 0.0362 e. The second-order valence-corrected chi connectivity index (χ2v) is 7.06. The largest absolute Gasteiger partial charge is 0.329 e. The third kappa shape index (κ3) is 3.37. The molecule has 0 aliphatic carbocycles. The van der Waals surface area contributed by atoms with Gasteiger partial charge >= 0.3 is 0 Å². The highest BCUT2D eigenvalue weighted by atomic mass is 32.1. The number of nitrogens with zero attached hydrogens (tertiary/aromatic N) is 2. The first-order valence-corrected chi connectivity index (χ1v) is 8.13. The summed E-state index contributed by atoms with van der Waals surface area (Å²) in [4.78, 5) is 6.49. The van der Waals surface area contributed by atoms with E-state index in [0.717, 1.165) is 26.2 Å². The highest BCUT2D eigenvalue weighted by Gasteiger charge is 2.39. The molecule has 1 saturated heterocycles. The second-order valence-electron chi connectivity index (χ2n) is 6.03. The molecule has 0 aromatic carbocycles. The molecule has 4 heteroatoms. The molecule has 0 spiro atoms. The Morgan fingerprint density at radius 2 is 2.11 bits per heavy atom. The van der Waals surface area contributed by atoms with E-state index >= 15 is 0 Å². The monoisotopic (exact) mass is 281 g/mol. The minimum Gasteiger partial charge on any atom is -0.329 e. The smallest absolute Gasteiger partial charge is 0.0362 e. The van der Waals surface area contributed by atoms with E-state index in [1.165, 1.54) is 17.7 Å². The van der Waals surface area contributed by atoms with Crippen LogP contribution < -0.4 is 5.73 Å². The molecule has 0 unspecified atom stereocenters. The van der Waals surface area contributed by atoms with Crippen LogP contribution in [-0.2, 0) is 6.54 Å². The molecule has 0 atom stereocenters. The summed E-state index contributed by atoms with van der Waals surface area (Å²) in [5.41, 5.74) is 6.38. The van der Waals surface area contributed by atoms with Gasteiger partial charge in [-0.15, -0.1) is 11.3 Å². The number of nitrogens with two attached hydrogens (primary N) is 1. The lowest BCUT2D eigenvalue weighted by Gasteiger charge is -2.49. The number of thiophene rings is 1. The molecular weight excluding hydrogens is 254 g/mol. The van der Waals surface area contributed by atoms with E-state index in [1.807, 2.05) is 11.3 Å². The van der Waals surface area contributed by atoms with Crippen molar-refractivity contribution in [2.75, 3.05) is 26.7 Å². The predicted molar refractivity (Wildman–Crippen MR) is 83.5 cm³/mol. The number of hydrogen-bond donors (Lipinski definition) is 1. The first-order valence-electron chi connectivity index (χ1n) is 7.25. The Bertz CT molecular complexity index is 367. The van der Waals surface area contributed by atoms with Crippen LogP contribution in [0.4, 0.5) is 0 Å². The van der Waals surface area contributed by atoms with Crippen LogP contribution in [0.25, 0.3) is 0 Å². The Hall–Kier alpha value is -0.420. The number of piperidine rings is 1. The van der Waals surface area contributed by atoms with Crippen molar-refractivity contribution in [3.05, 3.63) is 22.4 Å². The van der Waals surface area contributed by atoms with Crippen LogP contribution in [0.3, 0.4) is 0 Å². The van der Waals surface area contributed by atoms with Crippen molar-refractivity contribution in [1.82, 2.24) is 9.80 Å². The molecule has 1 fully saturated rings. The zero-order valence-electron chi connectivity index (χ0n) is 12.4. The lowest BCUT2D eigenvalue weighted by atomic mass is 9.84.